The van der Waals surface area contributed by atoms with Crippen LogP contribution in [0.1, 0.15) is 62.9 Å². The molecule has 3 nitrogen and oxygen atoms in total. The molecule has 2 atom stereocenters. The normalized spacial score (nSPS) is 22.4. The van der Waals surface area contributed by atoms with Crippen molar-refractivity contribution in [3.63, 3.8) is 0 Å². The largest absolute Gasteiger partial charge is 0.319 e. The first kappa shape index (κ1) is 16.0. The van der Waals surface area contributed by atoms with Crippen LogP contribution in [0.2, 0.25) is 0 Å². The summed E-state index contributed by atoms with van der Waals surface area (Å²) in [5.74, 6) is 0.261. The fourth-order valence-corrected chi connectivity index (χ4v) is 3.31. The van der Waals surface area contributed by atoms with E-state index in [-0.39, 0.29) is 18.1 Å². The third-order valence-electron chi connectivity index (χ3n) is 4.66. The number of carbonyl (C=O) groups is 1. The van der Waals surface area contributed by atoms with E-state index in [1.54, 1.807) is 0 Å². The predicted octanol–water partition coefficient (Wildman–Crippen LogP) is 3.70. The van der Waals surface area contributed by atoms with E-state index in [2.05, 4.69) is 63.0 Å². The van der Waals surface area contributed by atoms with Gasteiger partial charge in [0.1, 0.15) is 6.17 Å². The third kappa shape index (κ3) is 2.98. The summed E-state index contributed by atoms with van der Waals surface area (Å²) >= 11 is 0. The molecule has 0 aliphatic carbocycles. The lowest BCUT2D eigenvalue weighted by Crippen LogP contribution is -2.39. The smallest absolute Gasteiger partial charge is 0.241 e. The molecule has 1 aliphatic rings. The SMILES string of the molecule is CCC1NC(c2cc(C)ccc2C)N(C(CC)CC)C1=O. The van der Waals surface area contributed by atoms with Crippen LogP contribution in [0.5, 0.6) is 0 Å². The predicted molar refractivity (Wildman–Crippen MR) is 87.1 cm³/mol. The van der Waals surface area contributed by atoms with Crippen molar-refractivity contribution in [1.82, 2.24) is 10.2 Å². The van der Waals surface area contributed by atoms with Gasteiger partial charge in [-0.05, 0) is 44.2 Å². The molecule has 2 rings (SSSR count). The lowest BCUT2D eigenvalue weighted by molar-refractivity contribution is -0.132. The Balaban J connectivity index is 2.43. The van der Waals surface area contributed by atoms with Crippen molar-refractivity contribution >= 4 is 5.91 Å². The first-order chi connectivity index (χ1) is 10.0. The summed E-state index contributed by atoms with van der Waals surface area (Å²) in [4.78, 5) is 14.8. The highest BCUT2D eigenvalue weighted by molar-refractivity contribution is 5.85. The fourth-order valence-electron chi connectivity index (χ4n) is 3.31. The molecule has 0 saturated carbocycles. The van der Waals surface area contributed by atoms with Gasteiger partial charge >= 0.3 is 0 Å². The summed E-state index contributed by atoms with van der Waals surface area (Å²) in [6.45, 7) is 10.7. The molecular weight excluding hydrogens is 260 g/mol. The van der Waals surface area contributed by atoms with Crippen LogP contribution < -0.4 is 5.32 Å². The molecule has 2 unspecified atom stereocenters. The first-order valence-corrected chi connectivity index (χ1v) is 8.18. The number of carbonyl (C=O) groups excluding carboxylic acids is 1. The van der Waals surface area contributed by atoms with Gasteiger partial charge < -0.3 is 4.90 Å². The number of hydrogen-bond donors (Lipinski definition) is 1. The third-order valence-corrected chi connectivity index (χ3v) is 4.66. The zero-order chi connectivity index (χ0) is 15.6. The summed E-state index contributed by atoms with van der Waals surface area (Å²) < 4.78 is 0. The highest BCUT2D eigenvalue weighted by Crippen LogP contribution is 2.32. The maximum Gasteiger partial charge on any atom is 0.241 e. The van der Waals surface area contributed by atoms with Crippen LogP contribution in [0.15, 0.2) is 18.2 Å². The molecule has 0 spiro atoms. The summed E-state index contributed by atoms with van der Waals surface area (Å²) in [6, 6.07) is 6.77. The molecule has 1 amide bonds. The van der Waals surface area contributed by atoms with Gasteiger partial charge in [0.25, 0.3) is 0 Å². The molecule has 0 bridgehead atoms. The van der Waals surface area contributed by atoms with E-state index in [0.29, 0.717) is 6.04 Å². The summed E-state index contributed by atoms with van der Waals surface area (Å²) in [5.41, 5.74) is 3.74. The Morgan fingerprint density at radius 1 is 1.19 bits per heavy atom. The second-order valence-corrected chi connectivity index (χ2v) is 6.11. The number of amides is 1. The van der Waals surface area contributed by atoms with Gasteiger partial charge in [-0.1, -0.05) is 44.5 Å². The van der Waals surface area contributed by atoms with Crippen LogP contribution in [0, 0.1) is 13.8 Å². The zero-order valence-electron chi connectivity index (χ0n) is 13.9. The molecule has 1 heterocycles. The number of nitrogens with zero attached hydrogens (tertiary/aromatic N) is 1. The number of rotatable bonds is 5. The average Bonchev–Trinajstić information content (AvgIpc) is 2.80. The molecule has 0 aromatic heterocycles. The lowest BCUT2D eigenvalue weighted by atomic mass is 10.0. The van der Waals surface area contributed by atoms with Crippen molar-refractivity contribution in [2.75, 3.05) is 0 Å². The quantitative estimate of drug-likeness (QED) is 0.896. The van der Waals surface area contributed by atoms with Crippen LogP contribution in [0.3, 0.4) is 0 Å². The van der Waals surface area contributed by atoms with E-state index in [0.717, 1.165) is 19.3 Å². The van der Waals surface area contributed by atoms with Gasteiger partial charge in [-0.15, -0.1) is 0 Å². The first-order valence-electron chi connectivity index (χ1n) is 8.18. The van der Waals surface area contributed by atoms with Gasteiger partial charge in [0.15, 0.2) is 0 Å². The van der Waals surface area contributed by atoms with Crippen molar-refractivity contribution in [2.45, 2.75) is 72.1 Å². The van der Waals surface area contributed by atoms with Gasteiger partial charge in [-0.3, -0.25) is 10.1 Å². The Kier molecular flexibility index (Phi) is 5.04. The van der Waals surface area contributed by atoms with Crippen molar-refractivity contribution in [2.24, 2.45) is 0 Å². The van der Waals surface area contributed by atoms with E-state index in [1.807, 2.05) is 0 Å². The van der Waals surface area contributed by atoms with E-state index < -0.39 is 0 Å². The van der Waals surface area contributed by atoms with Crippen LogP contribution in [-0.2, 0) is 4.79 Å². The molecular formula is C18H28N2O. The van der Waals surface area contributed by atoms with E-state index in [9.17, 15) is 4.79 Å². The molecule has 0 radical (unpaired) electrons. The molecule has 1 N–H and O–H groups in total. The van der Waals surface area contributed by atoms with Gasteiger partial charge in [0.05, 0.1) is 6.04 Å². The van der Waals surface area contributed by atoms with Gasteiger partial charge in [0, 0.05) is 6.04 Å². The topological polar surface area (TPSA) is 32.3 Å². The number of benzene rings is 1. The molecule has 1 aromatic rings. The Morgan fingerprint density at radius 2 is 1.86 bits per heavy atom. The van der Waals surface area contributed by atoms with Crippen molar-refractivity contribution in [3.05, 3.63) is 34.9 Å². The van der Waals surface area contributed by atoms with Crippen LogP contribution in [0.4, 0.5) is 0 Å². The molecule has 1 aliphatic heterocycles. The van der Waals surface area contributed by atoms with Crippen molar-refractivity contribution < 1.29 is 4.79 Å². The minimum Gasteiger partial charge on any atom is -0.319 e. The van der Waals surface area contributed by atoms with Crippen LogP contribution in [0.25, 0.3) is 0 Å². The highest BCUT2D eigenvalue weighted by Gasteiger charge is 2.41. The number of hydrogen-bond acceptors (Lipinski definition) is 2. The molecule has 116 valence electrons. The van der Waals surface area contributed by atoms with E-state index in [4.69, 9.17) is 0 Å². The van der Waals surface area contributed by atoms with E-state index >= 15 is 0 Å². The second-order valence-electron chi connectivity index (χ2n) is 6.11. The van der Waals surface area contributed by atoms with Crippen LogP contribution in [-0.4, -0.2) is 22.9 Å². The van der Waals surface area contributed by atoms with Gasteiger partial charge in [-0.25, -0.2) is 0 Å². The minimum atomic E-state index is -0.0458. The Morgan fingerprint density at radius 3 is 2.43 bits per heavy atom. The molecule has 1 aromatic carbocycles. The lowest BCUT2D eigenvalue weighted by Gasteiger charge is -2.32. The summed E-state index contributed by atoms with van der Waals surface area (Å²) in [5, 5.41) is 3.55. The van der Waals surface area contributed by atoms with Crippen LogP contribution >= 0.6 is 0 Å². The minimum absolute atomic E-state index is 0.0206. The number of nitrogens with one attached hydrogen (secondary N) is 1. The van der Waals surface area contributed by atoms with E-state index in [1.165, 1.54) is 16.7 Å². The Hall–Kier alpha value is -1.35. The summed E-state index contributed by atoms with van der Waals surface area (Å²) in [7, 11) is 0. The zero-order valence-corrected chi connectivity index (χ0v) is 13.9. The maximum absolute atomic E-state index is 12.7. The molecule has 3 heteroatoms. The monoisotopic (exact) mass is 288 g/mol. The molecule has 1 fully saturated rings. The molecule has 1 saturated heterocycles. The Bertz CT molecular complexity index is 508. The van der Waals surface area contributed by atoms with Crippen molar-refractivity contribution in [3.8, 4) is 0 Å². The van der Waals surface area contributed by atoms with Gasteiger partial charge in [-0.2, -0.15) is 0 Å². The maximum atomic E-state index is 12.7. The average molecular weight is 288 g/mol. The highest BCUT2D eigenvalue weighted by atomic mass is 16.2. The Labute approximate surface area is 128 Å². The van der Waals surface area contributed by atoms with Gasteiger partial charge in [0.2, 0.25) is 5.91 Å². The molecule has 21 heavy (non-hydrogen) atoms. The van der Waals surface area contributed by atoms with Crippen molar-refractivity contribution in [1.29, 1.82) is 0 Å². The second kappa shape index (κ2) is 6.61. The summed E-state index contributed by atoms with van der Waals surface area (Å²) in [6.07, 6.45) is 2.87. The number of aryl methyl sites for hydroxylation is 2. The standard InChI is InChI=1S/C18H28N2O/c1-6-14(7-2)20-17(19-16(8-3)18(20)21)15-11-12(4)9-10-13(15)5/h9-11,14,16-17,19H,6-8H2,1-5H3. The fraction of sp³-hybridized carbons (Fsp3) is 0.611.